The van der Waals surface area contributed by atoms with Gasteiger partial charge in [-0.15, -0.1) is 0 Å². The molecule has 0 saturated carbocycles. The first kappa shape index (κ1) is 8.65. The lowest BCUT2D eigenvalue weighted by Gasteiger charge is -1.93. The van der Waals surface area contributed by atoms with E-state index in [1.807, 2.05) is 19.1 Å². The predicted octanol–water partition coefficient (Wildman–Crippen LogP) is 2.50. The molecule has 0 aliphatic rings. The molecule has 0 fully saturated rings. The number of rotatable bonds is 2. The molecule has 12 heavy (non-hydrogen) atoms. The highest BCUT2D eigenvalue weighted by Crippen LogP contribution is 2.07. The van der Waals surface area contributed by atoms with Crippen molar-refractivity contribution in [2.24, 2.45) is 0 Å². The van der Waals surface area contributed by atoms with Crippen LogP contribution in [0.2, 0.25) is 0 Å². The summed E-state index contributed by atoms with van der Waals surface area (Å²) < 4.78 is 12.4. The van der Waals surface area contributed by atoms with Crippen LogP contribution < -0.4 is 0 Å². The molecule has 0 N–H and O–H groups in total. The summed E-state index contributed by atoms with van der Waals surface area (Å²) in [7, 11) is 0. The van der Waals surface area contributed by atoms with Crippen molar-refractivity contribution in [1.82, 2.24) is 0 Å². The van der Waals surface area contributed by atoms with Crippen LogP contribution in [0, 0.1) is 6.92 Å². The van der Waals surface area contributed by atoms with E-state index in [4.69, 9.17) is 0 Å². The largest absolute Gasteiger partial charge is 0.295 e. The zero-order valence-electron chi connectivity index (χ0n) is 6.75. The molecule has 62 valence electrons. The van der Waals surface area contributed by atoms with Crippen LogP contribution in [0.4, 0.5) is 4.39 Å². The van der Waals surface area contributed by atoms with Crippen LogP contribution >= 0.6 is 0 Å². The number of halogens is 1. The van der Waals surface area contributed by atoms with Gasteiger partial charge in [0.15, 0.2) is 12.1 Å². The molecular weight excluding hydrogens is 155 g/mol. The van der Waals surface area contributed by atoms with E-state index in [0.29, 0.717) is 5.56 Å². The molecule has 0 saturated heterocycles. The maximum atomic E-state index is 12.4. The average Bonchev–Trinajstić information content (AvgIpc) is 2.09. The normalized spacial score (nSPS) is 11.3. The maximum absolute atomic E-state index is 12.4. The Labute approximate surface area is 70.5 Å². The highest BCUT2D eigenvalue weighted by Gasteiger charge is 1.91. The summed E-state index contributed by atoms with van der Waals surface area (Å²) in [5.74, 6) is -0.751. The third-order valence-corrected chi connectivity index (χ3v) is 1.49. The lowest BCUT2D eigenvalue weighted by molar-refractivity contribution is -0.106. The molecule has 0 aliphatic carbocycles. The van der Waals surface area contributed by atoms with Gasteiger partial charge in [0, 0.05) is 0 Å². The molecular formula is C10H9FO. The third kappa shape index (κ3) is 2.31. The van der Waals surface area contributed by atoms with Crippen molar-refractivity contribution >= 4 is 12.4 Å². The van der Waals surface area contributed by atoms with Gasteiger partial charge >= 0.3 is 0 Å². The quantitative estimate of drug-likeness (QED) is 0.485. The summed E-state index contributed by atoms with van der Waals surface area (Å²) in [6.45, 7) is 1.95. The first-order chi connectivity index (χ1) is 5.72. The fourth-order valence-electron chi connectivity index (χ4n) is 0.856. The summed E-state index contributed by atoms with van der Waals surface area (Å²) >= 11 is 0. The van der Waals surface area contributed by atoms with Gasteiger partial charge in [-0.3, -0.25) is 4.79 Å². The monoisotopic (exact) mass is 164 g/mol. The summed E-state index contributed by atoms with van der Waals surface area (Å²) in [4.78, 5) is 9.93. The minimum absolute atomic E-state index is 0.194. The Morgan fingerprint density at radius 2 is 1.92 bits per heavy atom. The Morgan fingerprint density at radius 3 is 2.42 bits per heavy atom. The summed E-state index contributed by atoms with van der Waals surface area (Å²) in [5, 5.41) is 0. The highest BCUT2D eigenvalue weighted by atomic mass is 19.1. The van der Waals surface area contributed by atoms with Crippen molar-refractivity contribution in [2.75, 3.05) is 0 Å². The summed E-state index contributed by atoms with van der Waals surface area (Å²) in [6.07, 6.45) is 1.40. The van der Waals surface area contributed by atoms with Gasteiger partial charge in [-0.05, 0) is 18.6 Å². The fraction of sp³-hybridized carbons (Fsp3) is 0.100. The van der Waals surface area contributed by atoms with Crippen molar-refractivity contribution in [1.29, 1.82) is 0 Å². The lowest BCUT2D eigenvalue weighted by atomic mass is 10.1. The van der Waals surface area contributed by atoms with Crippen LogP contribution in [0.25, 0.3) is 6.08 Å². The minimum atomic E-state index is -0.751. The molecule has 0 aliphatic heterocycles. The molecule has 0 aromatic heterocycles. The lowest BCUT2D eigenvalue weighted by Crippen LogP contribution is -1.77. The van der Waals surface area contributed by atoms with E-state index in [1.165, 1.54) is 6.08 Å². The smallest absolute Gasteiger partial charge is 0.178 e. The second-order valence-corrected chi connectivity index (χ2v) is 2.56. The maximum Gasteiger partial charge on any atom is 0.178 e. The van der Waals surface area contributed by atoms with Crippen LogP contribution in [-0.4, -0.2) is 6.29 Å². The van der Waals surface area contributed by atoms with Gasteiger partial charge in [-0.1, -0.05) is 29.8 Å². The van der Waals surface area contributed by atoms with Gasteiger partial charge < -0.3 is 0 Å². The number of hydrogen-bond acceptors (Lipinski definition) is 1. The van der Waals surface area contributed by atoms with Gasteiger partial charge in [0.1, 0.15) is 0 Å². The first-order valence-electron chi connectivity index (χ1n) is 3.61. The van der Waals surface area contributed by atoms with E-state index in [0.717, 1.165) is 5.56 Å². The molecule has 0 amide bonds. The predicted molar refractivity (Wildman–Crippen MR) is 46.3 cm³/mol. The van der Waals surface area contributed by atoms with Crippen molar-refractivity contribution in [3.05, 3.63) is 41.2 Å². The second kappa shape index (κ2) is 3.81. The molecule has 1 rings (SSSR count). The van der Waals surface area contributed by atoms with E-state index in [2.05, 4.69) is 0 Å². The van der Waals surface area contributed by atoms with Crippen LogP contribution in [0.3, 0.4) is 0 Å². The molecule has 1 aromatic rings. The Bertz CT molecular complexity index is 298. The molecule has 0 spiro atoms. The van der Waals surface area contributed by atoms with E-state index in [1.54, 1.807) is 12.1 Å². The summed E-state index contributed by atoms with van der Waals surface area (Å²) in [5.41, 5.74) is 1.81. The Morgan fingerprint density at radius 1 is 1.33 bits per heavy atom. The van der Waals surface area contributed by atoms with Crippen molar-refractivity contribution in [3.8, 4) is 0 Å². The van der Waals surface area contributed by atoms with Gasteiger partial charge in [0.05, 0.1) is 0 Å². The average molecular weight is 164 g/mol. The Balaban J connectivity index is 2.91. The number of carbonyl (C=O) groups excluding carboxylic acids is 1. The van der Waals surface area contributed by atoms with Crippen LogP contribution in [0.1, 0.15) is 11.1 Å². The van der Waals surface area contributed by atoms with Crippen LogP contribution in [0.5, 0.6) is 0 Å². The second-order valence-electron chi connectivity index (χ2n) is 2.56. The van der Waals surface area contributed by atoms with Gasteiger partial charge in [0.2, 0.25) is 0 Å². The molecule has 1 aromatic carbocycles. The zero-order chi connectivity index (χ0) is 8.97. The van der Waals surface area contributed by atoms with Crippen molar-refractivity contribution in [3.63, 3.8) is 0 Å². The molecule has 0 heterocycles. The molecule has 2 heteroatoms. The minimum Gasteiger partial charge on any atom is -0.295 e. The van der Waals surface area contributed by atoms with E-state index < -0.39 is 5.83 Å². The Kier molecular flexibility index (Phi) is 2.75. The van der Waals surface area contributed by atoms with E-state index >= 15 is 0 Å². The topological polar surface area (TPSA) is 17.1 Å². The van der Waals surface area contributed by atoms with E-state index in [9.17, 15) is 9.18 Å². The molecule has 0 unspecified atom stereocenters. The number of carbonyl (C=O) groups is 1. The number of aryl methyl sites for hydroxylation is 1. The molecule has 1 nitrogen and oxygen atoms in total. The number of allylic oxidation sites excluding steroid dienone is 1. The van der Waals surface area contributed by atoms with Gasteiger partial charge in [0.25, 0.3) is 0 Å². The summed E-state index contributed by atoms with van der Waals surface area (Å²) in [6, 6.07) is 7.25. The SMILES string of the molecule is Cc1ccc(/C=C(\F)C=O)cc1. The third-order valence-electron chi connectivity index (χ3n) is 1.49. The standard InChI is InChI=1S/C10H9FO/c1-8-2-4-9(5-3-8)6-10(11)7-12/h2-7H,1H3/b10-6-. The molecule has 0 bridgehead atoms. The van der Waals surface area contributed by atoms with Crippen LogP contribution in [0.15, 0.2) is 30.1 Å². The van der Waals surface area contributed by atoms with Gasteiger partial charge in [-0.2, -0.15) is 0 Å². The van der Waals surface area contributed by atoms with Crippen molar-refractivity contribution in [2.45, 2.75) is 6.92 Å². The number of aldehydes is 1. The van der Waals surface area contributed by atoms with E-state index in [-0.39, 0.29) is 6.29 Å². The molecule has 0 atom stereocenters. The fourth-order valence-corrected chi connectivity index (χ4v) is 0.856. The Hall–Kier alpha value is -1.44. The van der Waals surface area contributed by atoms with Gasteiger partial charge in [-0.25, -0.2) is 4.39 Å². The zero-order valence-corrected chi connectivity index (χ0v) is 6.75. The van der Waals surface area contributed by atoms with Crippen molar-refractivity contribution < 1.29 is 9.18 Å². The highest BCUT2D eigenvalue weighted by molar-refractivity contribution is 5.78. The first-order valence-corrected chi connectivity index (χ1v) is 3.61. The number of hydrogen-bond donors (Lipinski definition) is 0. The molecule has 0 radical (unpaired) electrons. The number of benzene rings is 1. The van der Waals surface area contributed by atoms with Crippen LogP contribution in [-0.2, 0) is 4.79 Å².